The summed E-state index contributed by atoms with van der Waals surface area (Å²) in [5.41, 5.74) is 2.74. The molecule has 2 aromatic rings. The van der Waals surface area contributed by atoms with Gasteiger partial charge < -0.3 is 10.1 Å². The van der Waals surface area contributed by atoms with Crippen LogP contribution in [0.5, 0.6) is 5.75 Å². The third kappa shape index (κ3) is 4.53. The van der Waals surface area contributed by atoms with E-state index in [1.54, 1.807) is 14.0 Å². The molecule has 1 saturated heterocycles. The van der Waals surface area contributed by atoms with E-state index >= 15 is 0 Å². The molecule has 1 fully saturated rings. The number of amides is 1. The topological polar surface area (TPSA) is 88.6 Å². The largest absolute Gasteiger partial charge is 0.496 e. The van der Waals surface area contributed by atoms with Gasteiger partial charge in [-0.2, -0.15) is 0 Å². The van der Waals surface area contributed by atoms with Gasteiger partial charge in [-0.15, -0.1) is 11.3 Å². The number of nitrogens with one attached hydrogen (secondary N) is 1. The molecule has 0 unspecified atom stereocenters. The molecule has 28 heavy (non-hydrogen) atoms. The third-order valence-electron chi connectivity index (χ3n) is 4.95. The van der Waals surface area contributed by atoms with Crippen molar-refractivity contribution >= 4 is 32.4 Å². The maximum Gasteiger partial charge on any atom is 0.229 e. The summed E-state index contributed by atoms with van der Waals surface area (Å²) in [6.07, 6.45) is 1.05. The lowest BCUT2D eigenvalue weighted by Gasteiger charge is -2.30. The maximum absolute atomic E-state index is 12.6. The van der Waals surface area contributed by atoms with E-state index in [-0.39, 0.29) is 17.6 Å². The molecule has 1 aliphatic heterocycles. The summed E-state index contributed by atoms with van der Waals surface area (Å²) in [6, 6.07) is 5.88. The second kappa shape index (κ2) is 8.59. The van der Waals surface area contributed by atoms with Crippen LogP contribution in [-0.2, 0) is 14.8 Å². The quantitative estimate of drug-likeness (QED) is 0.771. The summed E-state index contributed by atoms with van der Waals surface area (Å²) in [4.78, 5) is 17.1. The number of carbonyl (C=O) groups excluding carboxylic acids is 1. The molecule has 0 radical (unpaired) electrons. The van der Waals surface area contributed by atoms with Crippen LogP contribution < -0.4 is 10.1 Å². The van der Waals surface area contributed by atoms with Crippen LogP contribution in [-0.4, -0.2) is 49.6 Å². The Kier molecular flexibility index (Phi) is 6.36. The van der Waals surface area contributed by atoms with Gasteiger partial charge in [0, 0.05) is 30.0 Å². The minimum absolute atomic E-state index is 0.0914. The van der Waals surface area contributed by atoms with Crippen molar-refractivity contribution in [3.63, 3.8) is 0 Å². The van der Waals surface area contributed by atoms with E-state index in [0.717, 1.165) is 22.6 Å². The lowest BCUT2D eigenvalue weighted by atomic mass is 9.97. The van der Waals surface area contributed by atoms with Crippen molar-refractivity contribution in [1.29, 1.82) is 0 Å². The number of rotatable bonds is 6. The molecule has 2 heterocycles. The number of thiazole rings is 1. The second-order valence-electron chi connectivity index (χ2n) is 6.80. The van der Waals surface area contributed by atoms with Crippen LogP contribution in [0.1, 0.15) is 25.3 Å². The fourth-order valence-corrected chi connectivity index (χ4v) is 5.11. The molecular formula is C19H25N3O4S2. The summed E-state index contributed by atoms with van der Waals surface area (Å²) in [5, 5.41) is 5.31. The Morgan fingerprint density at radius 2 is 2.07 bits per heavy atom. The number of benzene rings is 1. The van der Waals surface area contributed by atoms with E-state index in [4.69, 9.17) is 4.74 Å². The summed E-state index contributed by atoms with van der Waals surface area (Å²) in [7, 11) is -1.57. The van der Waals surface area contributed by atoms with Crippen molar-refractivity contribution in [2.75, 3.05) is 31.3 Å². The molecule has 0 atom stereocenters. The Labute approximate surface area is 169 Å². The average Bonchev–Trinajstić information content (AvgIpc) is 3.16. The first-order valence-electron chi connectivity index (χ1n) is 9.23. The Morgan fingerprint density at radius 3 is 2.71 bits per heavy atom. The van der Waals surface area contributed by atoms with Gasteiger partial charge in [-0.1, -0.05) is 11.6 Å². The molecule has 7 nitrogen and oxygen atoms in total. The molecule has 0 bridgehead atoms. The van der Waals surface area contributed by atoms with E-state index in [0.29, 0.717) is 31.1 Å². The Hall–Kier alpha value is -1.97. The molecule has 1 aromatic heterocycles. The summed E-state index contributed by atoms with van der Waals surface area (Å²) in [5.74, 6) is 0.516. The number of sulfonamides is 1. The third-order valence-corrected chi connectivity index (χ3v) is 7.59. The highest BCUT2D eigenvalue weighted by atomic mass is 32.2. The van der Waals surface area contributed by atoms with Gasteiger partial charge in [0.1, 0.15) is 5.75 Å². The Morgan fingerprint density at radius 1 is 1.36 bits per heavy atom. The number of hydrogen-bond donors (Lipinski definition) is 1. The highest BCUT2D eigenvalue weighted by molar-refractivity contribution is 7.89. The number of aryl methyl sites for hydroxylation is 1. The minimum atomic E-state index is -3.19. The standard InChI is InChI=1S/C19H25N3O4S2/c1-4-28(24,25)22-9-7-14(8-10-22)18(23)21-19-20-16(12-27-19)15-11-13(2)5-6-17(15)26-3/h5-6,11-12,14H,4,7-10H2,1-3H3,(H,20,21,23). The van der Waals surface area contributed by atoms with Crippen molar-refractivity contribution in [2.24, 2.45) is 5.92 Å². The van der Waals surface area contributed by atoms with Gasteiger partial charge in [-0.25, -0.2) is 17.7 Å². The molecule has 1 N–H and O–H groups in total. The van der Waals surface area contributed by atoms with E-state index in [1.807, 2.05) is 30.5 Å². The molecular weight excluding hydrogens is 398 g/mol. The van der Waals surface area contributed by atoms with Crippen molar-refractivity contribution in [1.82, 2.24) is 9.29 Å². The van der Waals surface area contributed by atoms with Crippen LogP contribution in [0.25, 0.3) is 11.3 Å². The first-order valence-corrected chi connectivity index (χ1v) is 11.7. The molecule has 1 amide bonds. The van der Waals surface area contributed by atoms with Gasteiger partial charge in [0.2, 0.25) is 15.9 Å². The van der Waals surface area contributed by atoms with Crippen molar-refractivity contribution in [3.05, 3.63) is 29.1 Å². The molecule has 152 valence electrons. The zero-order chi connectivity index (χ0) is 20.3. The predicted molar refractivity (Wildman–Crippen MR) is 111 cm³/mol. The molecule has 1 aliphatic rings. The van der Waals surface area contributed by atoms with Crippen molar-refractivity contribution in [3.8, 4) is 17.0 Å². The molecule has 0 spiro atoms. The van der Waals surface area contributed by atoms with Crippen molar-refractivity contribution < 1.29 is 17.9 Å². The zero-order valence-electron chi connectivity index (χ0n) is 16.3. The van der Waals surface area contributed by atoms with Crippen LogP contribution in [0.4, 0.5) is 5.13 Å². The van der Waals surface area contributed by atoms with Gasteiger partial charge in [0.05, 0.1) is 18.6 Å². The van der Waals surface area contributed by atoms with Gasteiger partial charge in [0.25, 0.3) is 0 Å². The van der Waals surface area contributed by atoms with E-state index in [2.05, 4.69) is 10.3 Å². The lowest BCUT2D eigenvalue weighted by molar-refractivity contribution is -0.120. The highest BCUT2D eigenvalue weighted by Crippen LogP contribution is 2.33. The summed E-state index contributed by atoms with van der Waals surface area (Å²) < 4.78 is 30.8. The fraction of sp³-hybridized carbons (Fsp3) is 0.474. The Bertz CT molecular complexity index is 948. The molecule has 0 aliphatic carbocycles. The van der Waals surface area contributed by atoms with Crippen LogP contribution in [0.15, 0.2) is 23.6 Å². The van der Waals surface area contributed by atoms with E-state index in [9.17, 15) is 13.2 Å². The smallest absolute Gasteiger partial charge is 0.229 e. The first kappa shape index (κ1) is 20.8. The number of nitrogens with zero attached hydrogens (tertiary/aromatic N) is 2. The second-order valence-corrected chi connectivity index (χ2v) is 9.92. The zero-order valence-corrected chi connectivity index (χ0v) is 17.9. The average molecular weight is 424 g/mol. The molecule has 0 saturated carbocycles. The summed E-state index contributed by atoms with van der Waals surface area (Å²) in [6.45, 7) is 4.41. The normalized spacial score (nSPS) is 16.1. The van der Waals surface area contributed by atoms with Crippen LogP contribution >= 0.6 is 11.3 Å². The van der Waals surface area contributed by atoms with Gasteiger partial charge in [-0.3, -0.25) is 4.79 Å². The molecule has 9 heteroatoms. The summed E-state index contributed by atoms with van der Waals surface area (Å²) >= 11 is 1.37. The number of carbonyl (C=O) groups is 1. The van der Waals surface area contributed by atoms with E-state index < -0.39 is 10.0 Å². The van der Waals surface area contributed by atoms with Gasteiger partial charge in [-0.05, 0) is 38.8 Å². The van der Waals surface area contributed by atoms with Crippen LogP contribution in [0.3, 0.4) is 0 Å². The number of piperidine rings is 1. The first-order chi connectivity index (χ1) is 13.3. The van der Waals surface area contributed by atoms with Gasteiger partial charge >= 0.3 is 0 Å². The fourth-order valence-electron chi connectivity index (χ4n) is 3.26. The Balaban J connectivity index is 1.65. The highest BCUT2D eigenvalue weighted by Gasteiger charge is 2.30. The van der Waals surface area contributed by atoms with E-state index in [1.165, 1.54) is 15.6 Å². The van der Waals surface area contributed by atoms with Crippen LogP contribution in [0, 0.1) is 12.8 Å². The minimum Gasteiger partial charge on any atom is -0.496 e. The van der Waals surface area contributed by atoms with Crippen molar-refractivity contribution in [2.45, 2.75) is 26.7 Å². The number of ether oxygens (including phenoxy) is 1. The SMILES string of the molecule is CCS(=O)(=O)N1CCC(C(=O)Nc2nc(-c3cc(C)ccc3OC)cs2)CC1. The number of anilines is 1. The monoisotopic (exact) mass is 423 g/mol. The predicted octanol–water partition coefficient (Wildman–Crippen LogP) is 3.13. The van der Waals surface area contributed by atoms with Gasteiger partial charge in [0.15, 0.2) is 5.13 Å². The van der Waals surface area contributed by atoms with Crippen LogP contribution in [0.2, 0.25) is 0 Å². The maximum atomic E-state index is 12.6. The number of hydrogen-bond acceptors (Lipinski definition) is 6. The number of methoxy groups -OCH3 is 1. The molecule has 3 rings (SSSR count). The lowest BCUT2D eigenvalue weighted by Crippen LogP contribution is -2.42. The molecule has 1 aromatic carbocycles. The number of aromatic nitrogens is 1.